The molecule has 1 amide bonds. The van der Waals surface area contributed by atoms with Crippen molar-refractivity contribution in [2.45, 2.75) is 39.7 Å². The van der Waals surface area contributed by atoms with Crippen molar-refractivity contribution < 1.29 is 9.32 Å². The molecule has 4 rings (SSSR count). The smallest absolute Gasteiger partial charge is 0.241 e. The summed E-state index contributed by atoms with van der Waals surface area (Å²) in [5.74, 6) is 1.24. The molecule has 1 aliphatic rings. The van der Waals surface area contributed by atoms with E-state index in [0.29, 0.717) is 24.8 Å². The summed E-state index contributed by atoms with van der Waals surface area (Å²) in [5, 5.41) is 7.26. The lowest BCUT2D eigenvalue weighted by Crippen LogP contribution is -2.40. The second-order valence-electron chi connectivity index (χ2n) is 7.96. The molecule has 156 valence electrons. The van der Waals surface area contributed by atoms with E-state index in [1.807, 2.05) is 49.4 Å². The van der Waals surface area contributed by atoms with Gasteiger partial charge in [0.05, 0.1) is 12.5 Å². The lowest BCUT2D eigenvalue weighted by atomic mass is 9.96. The third-order valence-electron chi connectivity index (χ3n) is 5.64. The molecule has 0 spiro atoms. The maximum absolute atomic E-state index is 12.9. The highest BCUT2D eigenvalue weighted by Gasteiger charge is 2.27. The van der Waals surface area contributed by atoms with Gasteiger partial charge in [-0.25, -0.2) is 0 Å². The van der Waals surface area contributed by atoms with Crippen LogP contribution in [0.1, 0.15) is 36.8 Å². The van der Waals surface area contributed by atoms with Crippen molar-refractivity contribution >= 4 is 11.6 Å². The molecule has 1 saturated heterocycles. The number of benzene rings is 2. The van der Waals surface area contributed by atoms with Gasteiger partial charge in [-0.2, -0.15) is 4.98 Å². The number of nitrogens with one attached hydrogen (secondary N) is 1. The first-order chi connectivity index (χ1) is 14.6. The highest BCUT2D eigenvalue weighted by Crippen LogP contribution is 2.23. The van der Waals surface area contributed by atoms with Crippen LogP contribution in [0.25, 0.3) is 11.4 Å². The predicted octanol–water partition coefficient (Wildman–Crippen LogP) is 4.46. The lowest BCUT2D eigenvalue weighted by molar-refractivity contribution is -0.121. The average molecular weight is 405 g/mol. The van der Waals surface area contributed by atoms with Crippen molar-refractivity contribution in [3.8, 4) is 11.4 Å². The maximum Gasteiger partial charge on any atom is 0.241 e. The molecule has 3 aromatic rings. The Hall–Kier alpha value is -2.99. The van der Waals surface area contributed by atoms with E-state index in [0.717, 1.165) is 48.2 Å². The van der Waals surface area contributed by atoms with Gasteiger partial charge in [0.1, 0.15) is 0 Å². The third kappa shape index (κ3) is 4.76. The van der Waals surface area contributed by atoms with Crippen LogP contribution in [0.2, 0.25) is 0 Å². The Labute approximate surface area is 177 Å². The number of likely N-dealkylation sites (tertiary alicyclic amines) is 1. The van der Waals surface area contributed by atoms with E-state index in [4.69, 9.17) is 4.52 Å². The summed E-state index contributed by atoms with van der Waals surface area (Å²) in [6.07, 6.45) is 2.77. The number of nitrogens with zero attached hydrogens (tertiary/aromatic N) is 3. The molecule has 1 atom stereocenters. The van der Waals surface area contributed by atoms with Crippen molar-refractivity contribution in [1.29, 1.82) is 0 Å². The fourth-order valence-electron chi connectivity index (χ4n) is 4.01. The third-order valence-corrected chi connectivity index (χ3v) is 5.64. The van der Waals surface area contributed by atoms with Crippen LogP contribution in [0.4, 0.5) is 5.69 Å². The molecule has 1 N–H and O–H groups in total. The molecule has 1 fully saturated rings. The van der Waals surface area contributed by atoms with Gasteiger partial charge in [0.2, 0.25) is 17.6 Å². The first-order valence-corrected chi connectivity index (χ1v) is 10.6. The number of aromatic nitrogens is 2. The zero-order valence-corrected chi connectivity index (χ0v) is 17.6. The number of aryl methyl sites for hydroxylation is 2. The molecule has 0 aliphatic carbocycles. The molecule has 30 heavy (non-hydrogen) atoms. The van der Waals surface area contributed by atoms with Crippen LogP contribution in [0, 0.1) is 12.8 Å². The molecule has 1 aromatic heterocycles. The molecule has 1 aliphatic heterocycles. The Morgan fingerprint density at radius 2 is 2.10 bits per heavy atom. The Morgan fingerprint density at radius 1 is 1.23 bits per heavy atom. The van der Waals surface area contributed by atoms with Crippen LogP contribution >= 0.6 is 0 Å². The minimum Gasteiger partial charge on any atom is -0.338 e. The second kappa shape index (κ2) is 9.22. The number of amides is 1. The first kappa shape index (κ1) is 20.3. The Balaban J connectivity index is 1.38. The molecular weight excluding hydrogens is 376 g/mol. The van der Waals surface area contributed by atoms with Crippen molar-refractivity contribution in [2.75, 3.05) is 18.4 Å². The highest BCUT2D eigenvalue weighted by molar-refractivity contribution is 5.93. The quantitative estimate of drug-likeness (QED) is 0.657. The molecule has 2 heterocycles. The summed E-state index contributed by atoms with van der Waals surface area (Å²) >= 11 is 0. The molecule has 1 unspecified atom stereocenters. The van der Waals surface area contributed by atoms with Crippen molar-refractivity contribution in [1.82, 2.24) is 15.0 Å². The van der Waals surface area contributed by atoms with E-state index in [1.54, 1.807) is 0 Å². The van der Waals surface area contributed by atoms with Gasteiger partial charge in [0, 0.05) is 17.8 Å². The summed E-state index contributed by atoms with van der Waals surface area (Å²) < 4.78 is 5.48. The van der Waals surface area contributed by atoms with Gasteiger partial charge in [0.25, 0.3) is 0 Å². The largest absolute Gasteiger partial charge is 0.338 e. The minimum absolute atomic E-state index is 0.0390. The summed E-state index contributed by atoms with van der Waals surface area (Å²) in [6.45, 7) is 6.33. The van der Waals surface area contributed by atoms with Crippen LogP contribution in [-0.2, 0) is 17.8 Å². The average Bonchev–Trinajstić information content (AvgIpc) is 3.23. The van der Waals surface area contributed by atoms with E-state index in [9.17, 15) is 4.79 Å². The Morgan fingerprint density at radius 3 is 2.93 bits per heavy atom. The number of piperidine rings is 1. The number of carbonyl (C=O) groups is 1. The van der Waals surface area contributed by atoms with Gasteiger partial charge in [-0.3, -0.25) is 9.69 Å². The number of para-hydroxylation sites is 1. The lowest BCUT2D eigenvalue weighted by Gasteiger charge is -2.31. The van der Waals surface area contributed by atoms with Gasteiger partial charge >= 0.3 is 0 Å². The summed E-state index contributed by atoms with van der Waals surface area (Å²) in [5.41, 5.74) is 4.19. The standard InChI is InChI=1S/C24H28N4O2/c1-3-18-9-4-5-12-21(18)25-24(29)20-11-7-13-28(15-20)16-22-26-23(27-30-22)19-10-6-8-17(2)14-19/h4-6,8-10,12,14,20H,3,7,11,13,15-16H2,1-2H3,(H,25,29). The van der Waals surface area contributed by atoms with Crippen molar-refractivity contribution in [2.24, 2.45) is 5.92 Å². The number of anilines is 1. The van der Waals surface area contributed by atoms with Crippen LogP contribution in [0.15, 0.2) is 53.1 Å². The maximum atomic E-state index is 12.9. The highest BCUT2D eigenvalue weighted by atomic mass is 16.5. The summed E-state index contributed by atoms with van der Waals surface area (Å²) in [6, 6.07) is 16.1. The zero-order valence-electron chi connectivity index (χ0n) is 17.6. The topological polar surface area (TPSA) is 71.3 Å². The normalized spacial score (nSPS) is 17.1. The first-order valence-electron chi connectivity index (χ1n) is 10.6. The van der Waals surface area contributed by atoms with Crippen molar-refractivity contribution in [3.05, 3.63) is 65.5 Å². The fourth-order valence-corrected chi connectivity index (χ4v) is 4.01. The predicted molar refractivity (Wildman–Crippen MR) is 117 cm³/mol. The molecule has 0 radical (unpaired) electrons. The van der Waals surface area contributed by atoms with Gasteiger partial charge < -0.3 is 9.84 Å². The molecule has 2 aromatic carbocycles. The monoisotopic (exact) mass is 404 g/mol. The Bertz CT molecular complexity index is 1010. The van der Waals surface area contributed by atoms with E-state index >= 15 is 0 Å². The Kier molecular flexibility index (Phi) is 6.23. The number of hydrogen-bond donors (Lipinski definition) is 1. The van der Waals surface area contributed by atoms with E-state index < -0.39 is 0 Å². The van der Waals surface area contributed by atoms with E-state index in [2.05, 4.69) is 33.3 Å². The zero-order chi connectivity index (χ0) is 20.9. The fraction of sp³-hybridized carbons (Fsp3) is 0.375. The number of rotatable bonds is 6. The van der Waals surface area contributed by atoms with Crippen LogP contribution in [-0.4, -0.2) is 34.0 Å². The second-order valence-corrected chi connectivity index (χ2v) is 7.96. The molecule has 6 nitrogen and oxygen atoms in total. The SMILES string of the molecule is CCc1ccccc1NC(=O)C1CCCN(Cc2nc(-c3cccc(C)c3)no2)C1. The summed E-state index contributed by atoms with van der Waals surface area (Å²) in [4.78, 5) is 19.7. The summed E-state index contributed by atoms with van der Waals surface area (Å²) in [7, 11) is 0. The van der Waals surface area contributed by atoms with Gasteiger partial charge in [-0.05, 0) is 50.4 Å². The van der Waals surface area contributed by atoms with Gasteiger partial charge in [-0.1, -0.05) is 54.0 Å². The molecule has 0 saturated carbocycles. The molecule has 6 heteroatoms. The molecular formula is C24H28N4O2. The number of hydrogen-bond acceptors (Lipinski definition) is 5. The van der Waals surface area contributed by atoms with Gasteiger partial charge in [-0.15, -0.1) is 0 Å². The van der Waals surface area contributed by atoms with E-state index in [-0.39, 0.29) is 11.8 Å². The van der Waals surface area contributed by atoms with Crippen molar-refractivity contribution in [3.63, 3.8) is 0 Å². The number of carbonyl (C=O) groups excluding carboxylic acids is 1. The van der Waals surface area contributed by atoms with Crippen LogP contribution in [0.3, 0.4) is 0 Å². The van der Waals surface area contributed by atoms with Crippen LogP contribution in [0.5, 0.6) is 0 Å². The van der Waals surface area contributed by atoms with E-state index in [1.165, 1.54) is 0 Å². The van der Waals surface area contributed by atoms with Gasteiger partial charge in [0.15, 0.2) is 0 Å². The van der Waals surface area contributed by atoms with Crippen LogP contribution < -0.4 is 5.32 Å². The minimum atomic E-state index is -0.0390. The molecule has 0 bridgehead atoms.